The Balaban J connectivity index is 2.04. The van der Waals surface area contributed by atoms with Gasteiger partial charge >= 0.3 is 0 Å². The van der Waals surface area contributed by atoms with Gasteiger partial charge in [0.2, 0.25) is 11.7 Å². The number of hydrogen-bond donors (Lipinski definition) is 1. The molecule has 1 aromatic carbocycles. The molecule has 0 amide bonds. The Bertz CT molecular complexity index is 494. The summed E-state index contributed by atoms with van der Waals surface area (Å²) in [6, 6.07) is 9.41. The van der Waals surface area contributed by atoms with E-state index in [-0.39, 0.29) is 6.10 Å². The maximum absolute atomic E-state index is 10.1. The predicted molar refractivity (Wildman–Crippen MR) is 69.4 cm³/mol. The van der Waals surface area contributed by atoms with E-state index >= 15 is 0 Å². The first-order valence-corrected chi connectivity index (χ1v) is 6.32. The van der Waals surface area contributed by atoms with Crippen molar-refractivity contribution in [3.63, 3.8) is 0 Å². The van der Waals surface area contributed by atoms with Gasteiger partial charge in [0.05, 0.1) is 12.5 Å². The molecule has 0 spiro atoms. The molecule has 2 rings (SSSR count). The fourth-order valence-corrected chi connectivity index (χ4v) is 1.89. The minimum absolute atomic E-state index is 0.161. The Kier molecular flexibility index (Phi) is 4.65. The second kappa shape index (κ2) is 6.45. The third-order valence-electron chi connectivity index (χ3n) is 2.98. The van der Waals surface area contributed by atoms with Crippen molar-refractivity contribution < 1.29 is 14.4 Å². The van der Waals surface area contributed by atoms with Gasteiger partial charge in [-0.1, -0.05) is 42.4 Å². The van der Waals surface area contributed by atoms with Crippen LogP contribution in [0.15, 0.2) is 34.9 Å². The van der Waals surface area contributed by atoms with E-state index in [1.54, 1.807) is 7.11 Å². The van der Waals surface area contributed by atoms with E-state index in [2.05, 4.69) is 10.1 Å². The molecule has 19 heavy (non-hydrogen) atoms. The lowest BCUT2D eigenvalue weighted by molar-refractivity contribution is 0.0903. The van der Waals surface area contributed by atoms with E-state index in [4.69, 9.17) is 9.26 Å². The summed E-state index contributed by atoms with van der Waals surface area (Å²) in [4.78, 5) is 4.25. The molecular weight excluding hydrogens is 244 g/mol. The Hall–Kier alpha value is -1.72. The Morgan fingerprint density at radius 2 is 2.05 bits per heavy atom. The summed E-state index contributed by atoms with van der Waals surface area (Å²) in [5.41, 5.74) is 0.834. The molecule has 0 aliphatic rings. The van der Waals surface area contributed by atoms with Crippen LogP contribution < -0.4 is 0 Å². The van der Waals surface area contributed by atoms with Gasteiger partial charge in [0.25, 0.3) is 0 Å². The average molecular weight is 262 g/mol. The van der Waals surface area contributed by atoms with Crippen molar-refractivity contribution in [1.82, 2.24) is 10.1 Å². The molecule has 0 bridgehead atoms. The Morgan fingerprint density at radius 1 is 1.32 bits per heavy atom. The molecule has 0 aliphatic carbocycles. The van der Waals surface area contributed by atoms with Crippen molar-refractivity contribution in [3.05, 3.63) is 47.6 Å². The predicted octanol–water partition coefficient (Wildman–Crippen LogP) is 2.44. The van der Waals surface area contributed by atoms with Crippen LogP contribution in [0.3, 0.4) is 0 Å². The smallest absolute Gasteiger partial charge is 0.229 e. The summed E-state index contributed by atoms with van der Waals surface area (Å²) < 4.78 is 10.4. The van der Waals surface area contributed by atoms with Crippen LogP contribution in [0.5, 0.6) is 0 Å². The van der Waals surface area contributed by atoms with Crippen LogP contribution in [0.25, 0.3) is 0 Å². The minimum Gasteiger partial charge on any atom is -0.388 e. The van der Waals surface area contributed by atoms with Crippen LogP contribution in [0, 0.1) is 0 Å². The van der Waals surface area contributed by atoms with Gasteiger partial charge in [-0.15, -0.1) is 0 Å². The van der Waals surface area contributed by atoms with E-state index in [0.717, 1.165) is 12.0 Å². The minimum atomic E-state index is -0.642. The van der Waals surface area contributed by atoms with E-state index in [1.807, 2.05) is 37.3 Å². The first-order chi connectivity index (χ1) is 9.24. The lowest BCUT2D eigenvalue weighted by Crippen LogP contribution is -2.04. The van der Waals surface area contributed by atoms with Gasteiger partial charge in [-0.25, -0.2) is 0 Å². The number of benzene rings is 1. The number of rotatable bonds is 6. The number of hydrogen-bond acceptors (Lipinski definition) is 5. The largest absolute Gasteiger partial charge is 0.388 e. The fourth-order valence-electron chi connectivity index (χ4n) is 1.89. The van der Waals surface area contributed by atoms with Crippen molar-refractivity contribution in [2.75, 3.05) is 7.11 Å². The van der Waals surface area contributed by atoms with Crippen LogP contribution >= 0.6 is 0 Å². The molecular formula is C14H18N2O3. The van der Waals surface area contributed by atoms with E-state index < -0.39 is 6.10 Å². The van der Waals surface area contributed by atoms with Gasteiger partial charge in [-0.3, -0.25) is 0 Å². The molecule has 0 radical (unpaired) electrons. The maximum Gasteiger partial charge on any atom is 0.229 e. The highest BCUT2D eigenvalue weighted by Gasteiger charge is 2.18. The fraction of sp³-hybridized carbons (Fsp3) is 0.429. The summed E-state index contributed by atoms with van der Waals surface area (Å²) >= 11 is 0. The van der Waals surface area contributed by atoms with Crippen LogP contribution in [0.4, 0.5) is 0 Å². The number of nitrogens with zero attached hydrogens (tertiary/aromatic N) is 2. The van der Waals surface area contributed by atoms with Gasteiger partial charge in [-0.05, 0) is 12.0 Å². The molecule has 1 aromatic heterocycles. The summed E-state index contributed by atoms with van der Waals surface area (Å²) in [6.07, 6.45) is 0.275. The molecule has 2 atom stereocenters. The number of aliphatic hydroxyl groups is 1. The molecule has 2 aromatic rings. The lowest BCUT2D eigenvalue weighted by atomic mass is 10.1. The molecule has 0 saturated carbocycles. The third-order valence-corrected chi connectivity index (χ3v) is 2.98. The van der Waals surface area contributed by atoms with Gasteiger partial charge in [0, 0.05) is 7.11 Å². The van der Waals surface area contributed by atoms with Gasteiger partial charge in [0.1, 0.15) is 6.10 Å². The van der Waals surface area contributed by atoms with E-state index in [1.165, 1.54) is 0 Å². The normalized spacial score (nSPS) is 14.3. The van der Waals surface area contributed by atoms with Crippen LogP contribution in [-0.4, -0.2) is 22.4 Å². The molecule has 1 heterocycles. The standard InChI is InChI=1S/C14H18N2O3/c1-3-12(18-2)14-15-13(19-16-14)9-11(17)10-7-5-4-6-8-10/h4-8,11-12,17H,3,9H2,1-2H3. The van der Waals surface area contributed by atoms with Crippen molar-refractivity contribution in [1.29, 1.82) is 0 Å². The number of aliphatic hydroxyl groups excluding tert-OH is 1. The zero-order chi connectivity index (χ0) is 13.7. The maximum atomic E-state index is 10.1. The summed E-state index contributed by atoms with van der Waals surface area (Å²) in [5.74, 6) is 0.946. The van der Waals surface area contributed by atoms with Crippen LogP contribution in [-0.2, 0) is 11.2 Å². The van der Waals surface area contributed by atoms with Crippen LogP contribution in [0.1, 0.15) is 42.8 Å². The molecule has 0 aliphatic heterocycles. The van der Waals surface area contributed by atoms with Crippen molar-refractivity contribution in [3.8, 4) is 0 Å². The summed E-state index contributed by atoms with van der Waals surface area (Å²) in [5, 5.41) is 14.0. The molecule has 5 heteroatoms. The molecule has 2 unspecified atom stereocenters. The first-order valence-electron chi connectivity index (χ1n) is 6.32. The SMILES string of the molecule is CCC(OC)c1noc(CC(O)c2ccccc2)n1. The molecule has 5 nitrogen and oxygen atoms in total. The number of methoxy groups -OCH3 is 1. The molecule has 0 fully saturated rings. The lowest BCUT2D eigenvalue weighted by Gasteiger charge is -2.08. The monoisotopic (exact) mass is 262 g/mol. The third kappa shape index (κ3) is 3.39. The Labute approximate surface area is 112 Å². The van der Waals surface area contributed by atoms with E-state index in [0.29, 0.717) is 18.1 Å². The van der Waals surface area contributed by atoms with Gasteiger partial charge in [0.15, 0.2) is 0 Å². The van der Waals surface area contributed by atoms with Gasteiger partial charge in [-0.2, -0.15) is 4.98 Å². The highest BCUT2D eigenvalue weighted by atomic mass is 16.5. The summed E-state index contributed by atoms with van der Waals surface area (Å²) in [6.45, 7) is 1.99. The van der Waals surface area contributed by atoms with Crippen molar-refractivity contribution in [2.45, 2.75) is 32.0 Å². The second-order valence-corrected chi connectivity index (χ2v) is 4.31. The number of aromatic nitrogens is 2. The average Bonchev–Trinajstić information content (AvgIpc) is 2.89. The second-order valence-electron chi connectivity index (χ2n) is 4.31. The van der Waals surface area contributed by atoms with E-state index in [9.17, 15) is 5.11 Å². The highest BCUT2D eigenvalue weighted by molar-refractivity contribution is 5.18. The first kappa shape index (κ1) is 13.7. The van der Waals surface area contributed by atoms with Gasteiger partial charge < -0.3 is 14.4 Å². The highest BCUT2D eigenvalue weighted by Crippen LogP contribution is 2.20. The number of ether oxygens (including phenoxy) is 1. The van der Waals surface area contributed by atoms with Crippen molar-refractivity contribution >= 4 is 0 Å². The van der Waals surface area contributed by atoms with Crippen LogP contribution in [0.2, 0.25) is 0 Å². The Morgan fingerprint density at radius 3 is 2.68 bits per heavy atom. The molecule has 102 valence electrons. The zero-order valence-electron chi connectivity index (χ0n) is 11.1. The zero-order valence-corrected chi connectivity index (χ0v) is 11.1. The summed E-state index contributed by atoms with van der Waals surface area (Å²) in [7, 11) is 1.61. The molecule has 1 N–H and O–H groups in total. The van der Waals surface area contributed by atoms with Crippen molar-refractivity contribution in [2.24, 2.45) is 0 Å². The molecule has 0 saturated heterocycles. The topological polar surface area (TPSA) is 68.4 Å². The quantitative estimate of drug-likeness (QED) is 0.866.